The number of amidine groups is 1. The van der Waals surface area contributed by atoms with Gasteiger partial charge in [-0.3, -0.25) is 29.9 Å². The van der Waals surface area contributed by atoms with Gasteiger partial charge in [-0.25, -0.2) is 4.39 Å². The van der Waals surface area contributed by atoms with E-state index in [1.54, 1.807) is 41.9 Å². The molecular weight excluding hydrogens is 521 g/mol. The van der Waals surface area contributed by atoms with E-state index in [2.05, 4.69) is 21.3 Å². The Morgan fingerprint density at radius 2 is 0.900 bits per heavy atom. The van der Waals surface area contributed by atoms with Gasteiger partial charge in [0.2, 0.25) is 6.30 Å². The molecule has 0 aliphatic rings. The number of carbonyl (C=O) groups is 4. The molecule has 0 saturated carbocycles. The number of carbonyl (C=O) groups excluding carboxylic acids is 4. The smallest absolute Gasteiger partial charge is 0.209 e. The van der Waals surface area contributed by atoms with Gasteiger partial charge in [0.05, 0.1) is 17.9 Å². The van der Waals surface area contributed by atoms with Gasteiger partial charge in [0, 0.05) is 30.0 Å². The monoisotopic (exact) mass is 575 g/mol. The van der Waals surface area contributed by atoms with E-state index >= 15 is 0 Å². The predicted molar refractivity (Wildman–Crippen MR) is 162 cm³/mol. The van der Waals surface area contributed by atoms with Crippen LogP contribution < -0.4 is 27.0 Å². The van der Waals surface area contributed by atoms with E-state index in [4.69, 9.17) is 27.4 Å². The van der Waals surface area contributed by atoms with Crippen LogP contribution in [0.15, 0.2) is 0 Å². The minimum absolute atomic E-state index is 0.00926. The molecule has 4 unspecified atom stereocenters. The largest absolute Gasteiger partial charge is 0.388 e. The van der Waals surface area contributed by atoms with Crippen LogP contribution in [0.1, 0.15) is 68.2 Å². The Kier molecular flexibility index (Phi) is 33.8. The normalized spacial score (nSPS) is 12.2. The summed E-state index contributed by atoms with van der Waals surface area (Å²) in [6.07, 6.45) is -0.447. The van der Waals surface area contributed by atoms with Crippen LogP contribution in [-0.2, 0) is 19.2 Å². The van der Waals surface area contributed by atoms with E-state index in [1.807, 2.05) is 0 Å². The molecule has 40 heavy (non-hydrogen) atoms. The fraction of sp³-hybridized carbons (Fsp3) is 0.692. The van der Waals surface area contributed by atoms with E-state index in [9.17, 15) is 23.6 Å². The van der Waals surface area contributed by atoms with E-state index < -0.39 is 12.1 Å². The van der Waals surface area contributed by atoms with Crippen LogP contribution in [0, 0.1) is 21.6 Å². The number of likely N-dealkylation sites (N-methyl/N-ethyl adjacent to an activating group) is 4. The maximum Gasteiger partial charge on any atom is 0.209 e. The van der Waals surface area contributed by atoms with Gasteiger partial charge in [-0.05, 0) is 83.6 Å². The minimum atomic E-state index is -1.49. The second-order valence-corrected chi connectivity index (χ2v) is 8.83. The number of ketones is 4. The van der Waals surface area contributed by atoms with Crippen molar-refractivity contribution >= 4 is 46.1 Å². The molecule has 0 radical (unpaired) electrons. The molecule has 14 heteroatoms. The van der Waals surface area contributed by atoms with Gasteiger partial charge >= 0.3 is 0 Å². The number of hydrogen-bond donors (Lipinski definition) is 9. The summed E-state index contributed by atoms with van der Waals surface area (Å²) in [5.74, 6) is -0.143. The molecule has 234 valence electrons. The molecular formula is C26H54FN9O4. The fourth-order valence-electron chi connectivity index (χ4n) is 2.44. The molecule has 0 spiro atoms. The molecule has 0 aromatic carbocycles. The molecule has 0 heterocycles. The van der Waals surface area contributed by atoms with Crippen molar-refractivity contribution in [1.29, 1.82) is 21.6 Å². The van der Waals surface area contributed by atoms with Crippen molar-refractivity contribution in [3.05, 3.63) is 0 Å². The zero-order valence-electron chi connectivity index (χ0n) is 26.3. The topological polar surface area (TPSA) is 238 Å². The summed E-state index contributed by atoms with van der Waals surface area (Å²) < 4.78 is 11.8. The van der Waals surface area contributed by atoms with Crippen molar-refractivity contribution in [2.45, 2.75) is 92.7 Å². The fourth-order valence-corrected chi connectivity index (χ4v) is 2.44. The lowest BCUT2D eigenvalue weighted by atomic mass is 10.1. The molecule has 0 rings (SSSR count). The van der Waals surface area contributed by atoms with Gasteiger partial charge in [0.1, 0.15) is 17.6 Å². The minimum Gasteiger partial charge on any atom is -0.388 e. The molecule has 0 bridgehead atoms. The standard InChI is InChI=1S/2C7H14N2O.C6H12N2O.C4H8FNO.C2H6N2/c2*1-5(8)4-7(9-3)6(2)10;1-4(7)6(8-3)5(2)9;1-3(7)4(5)6-2;1-2(3)4/h2*7-9H,4H2,1-3H3;6-8H,1-3H3;4,6H,1-2H3;1H3,(H3,3,4). The van der Waals surface area contributed by atoms with Crippen molar-refractivity contribution in [2.24, 2.45) is 5.73 Å². The highest BCUT2D eigenvalue weighted by atomic mass is 19.1. The highest BCUT2D eigenvalue weighted by Gasteiger charge is 2.12. The van der Waals surface area contributed by atoms with Crippen molar-refractivity contribution in [3.8, 4) is 0 Å². The lowest BCUT2D eigenvalue weighted by Gasteiger charge is -2.10. The van der Waals surface area contributed by atoms with Crippen LogP contribution >= 0.6 is 0 Å². The molecule has 13 nitrogen and oxygen atoms in total. The molecule has 0 saturated heterocycles. The van der Waals surface area contributed by atoms with Crippen LogP contribution in [-0.4, -0.2) is 98.7 Å². The summed E-state index contributed by atoms with van der Waals surface area (Å²) in [6.45, 7) is 12.3. The highest BCUT2D eigenvalue weighted by molar-refractivity contribution is 6.05. The van der Waals surface area contributed by atoms with Gasteiger partial charge in [0.15, 0.2) is 11.6 Å². The van der Waals surface area contributed by atoms with E-state index in [1.165, 1.54) is 41.7 Å². The summed E-state index contributed by atoms with van der Waals surface area (Å²) in [4.78, 5) is 42.1. The number of halogens is 1. The average molecular weight is 576 g/mol. The SMILES string of the molecule is CC(=N)N.CNC(C(C)=N)C(C)=O.CNC(CC(C)=N)C(C)=O.CNC(CC(C)=N)C(C)=O.CNC(F)C(C)=O. The molecule has 4 atom stereocenters. The number of alkyl halides is 1. The first-order valence-corrected chi connectivity index (χ1v) is 12.4. The summed E-state index contributed by atoms with van der Waals surface area (Å²) in [7, 11) is 6.53. The second-order valence-electron chi connectivity index (χ2n) is 8.83. The Bertz CT molecular complexity index is 768. The van der Waals surface area contributed by atoms with Crippen LogP contribution in [0.5, 0.6) is 0 Å². The zero-order valence-corrected chi connectivity index (χ0v) is 26.3. The third-order valence-electron chi connectivity index (χ3n) is 4.44. The highest BCUT2D eigenvalue weighted by Crippen LogP contribution is 1.94. The first-order chi connectivity index (χ1) is 18.2. The van der Waals surface area contributed by atoms with Crippen LogP contribution in [0.2, 0.25) is 0 Å². The summed E-state index contributed by atoms with van der Waals surface area (Å²) in [5, 5.41) is 38.2. The summed E-state index contributed by atoms with van der Waals surface area (Å²) >= 11 is 0. The number of nitrogens with two attached hydrogens (primary N) is 1. The Morgan fingerprint density at radius 3 is 0.925 bits per heavy atom. The molecule has 0 aromatic heterocycles. The van der Waals surface area contributed by atoms with E-state index in [0.717, 1.165) is 0 Å². The van der Waals surface area contributed by atoms with Crippen LogP contribution in [0.4, 0.5) is 4.39 Å². The molecule has 0 amide bonds. The van der Waals surface area contributed by atoms with Gasteiger partial charge in [-0.2, -0.15) is 0 Å². The Labute approximate surface area is 239 Å². The number of hydrogen-bond acceptors (Lipinski definition) is 12. The van der Waals surface area contributed by atoms with Crippen LogP contribution in [0.25, 0.3) is 0 Å². The third kappa shape index (κ3) is 37.1. The zero-order chi connectivity index (χ0) is 33.2. The van der Waals surface area contributed by atoms with Crippen LogP contribution in [0.3, 0.4) is 0 Å². The summed E-state index contributed by atoms with van der Waals surface area (Å²) in [5.41, 5.74) is 6.13. The molecule has 0 fully saturated rings. The van der Waals surface area contributed by atoms with E-state index in [-0.39, 0.29) is 41.3 Å². The molecule has 0 aliphatic carbocycles. The van der Waals surface area contributed by atoms with E-state index in [0.29, 0.717) is 30.0 Å². The number of nitrogens with one attached hydrogen (secondary N) is 8. The van der Waals surface area contributed by atoms with Gasteiger partial charge < -0.3 is 37.9 Å². The number of Topliss-reactive ketones (excluding diaryl/α,β-unsaturated/α-hetero) is 4. The van der Waals surface area contributed by atoms with Crippen molar-refractivity contribution < 1.29 is 23.6 Å². The Morgan fingerprint density at radius 1 is 0.600 bits per heavy atom. The molecule has 0 aromatic rings. The summed E-state index contributed by atoms with van der Waals surface area (Å²) in [6, 6.07) is -0.722. The maximum atomic E-state index is 11.8. The maximum absolute atomic E-state index is 11.8. The Hall–Kier alpha value is -3.07. The predicted octanol–water partition coefficient (Wildman–Crippen LogP) is 1.42. The lowest BCUT2D eigenvalue weighted by Crippen LogP contribution is -2.38. The quantitative estimate of drug-likeness (QED) is 0.0875. The van der Waals surface area contributed by atoms with Crippen molar-refractivity contribution in [3.63, 3.8) is 0 Å². The lowest BCUT2D eigenvalue weighted by molar-refractivity contribution is -0.122. The third-order valence-corrected chi connectivity index (χ3v) is 4.44. The second kappa shape index (κ2) is 28.9. The number of rotatable bonds is 13. The van der Waals surface area contributed by atoms with Gasteiger partial charge in [-0.1, -0.05) is 0 Å². The van der Waals surface area contributed by atoms with Gasteiger partial charge in [0.25, 0.3) is 0 Å². The molecule has 10 N–H and O–H groups in total. The first-order valence-electron chi connectivity index (χ1n) is 12.4. The first kappa shape index (κ1) is 46.8. The average Bonchev–Trinajstić information content (AvgIpc) is 2.80. The van der Waals surface area contributed by atoms with Crippen molar-refractivity contribution in [2.75, 3.05) is 28.2 Å². The van der Waals surface area contributed by atoms with Crippen molar-refractivity contribution in [1.82, 2.24) is 21.3 Å². The Balaban J connectivity index is -0.000000131. The van der Waals surface area contributed by atoms with Gasteiger partial charge in [-0.15, -0.1) is 0 Å². The molecule has 0 aliphatic heterocycles.